The van der Waals surface area contributed by atoms with Gasteiger partial charge in [-0.3, -0.25) is 4.79 Å². The van der Waals surface area contributed by atoms with Crippen LogP contribution in [0.25, 0.3) is 0 Å². The summed E-state index contributed by atoms with van der Waals surface area (Å²) < 4.78 is 26.4. The lowest BCUT2D eigenvalue weighted by atomic mass is 9.72. The van der Waals surface area contributed by atoms with Crippen LogP contribution >= 0.6 is 23.7 Å². The molecule has 0 aromatic carbocycles. The van der Waals surface area contributed by atoms with Crippen molar-refractivity contribution in [3.8, 4) is 0 Å². The standard InChI is InChI=1S/C14H20F2N2OS.ClH/c15-14(16,9-17)10-18-12(19)13(6-2-1-3-7-13)11-5-4-8-20-11;/h4-5,8H,1-3,6-7,9-10,17H2,(H,18,19);1H. The summed E-state index contributed by atoms with van der Waals surface area (Å²) in [5.41, 5.74) is 4.37. The van der Waals surface area contributed by atoms with Crippen molar-refractivity contribution in [1.29, 1.82) is 0 Å². The van der Waals surface area contributed by atoms with Gasteiger partial charge in [-0.15, -0.1) is 23.7 Å². The lowest BCUT2D eigenvalue weighted by molar-refractivity contribution is -0.129. The number of hydrogen-bond donors (Lipinski definition) is 2. The zero-order valence-corrected chi connectivity index (χ0v) is 13.4. The number of hydrogen-bond acceptors (Lipinski definition) is 3. The Hall–Kier alpha value is -0.720. The van der Waals surface area contributed by atoms with Gasteiger partial charge in [-0.1, -0.05) is 25.3 Å². The molecule has 0 bridgehead atoms. The highest BCUT2D eigenvalue weighted by Crippen LogP contribution is 2.41. The molecule has 1 heterocycles. The molecule has 0 saturated heterocycles. The van der Waals surface area contributed by atoms with Crippen LogP contribution in [-0.4, -0.2) is 24.9 Å². The summed E-state index contributed by atoms with van der Waals surface area (Å²) in [6.07, 6.45) is 4.47. The fourth-order valence-corrected chi connectivity index (χ4v) is 3.73. The quantitative estimate of drug-likeness (QED) is 0.866. The number of carbonyl (C=O) groups is 1. The number of amides is 1. The minimum atomic E-state index is -3.04. The van der Waals surface area contributed by atoms with Crippen LogP contribution in [0.3, 0.4) is 0 Å². The topological polar surface area (TPSA) is 55.1 Å². The number of carbonyl (C=O) groups excluding carboxylic acids is 1. The van der Waals surface area contributed by atoms with E-state index in [2.05, 4.69) is 5.32 Å². The maximum Gasteiger partial charge on any atom is 0.277 e. The van der Waals surface area contributed by atoms with E-state index in [1.165, 1.54) is 11.3 Å². The normalized spacial score (nSPS) is 17.9. The predicted octanol–water partition coefficient (Wildman–Crippen LogP) is 3.08. The van der Waals surface area contributed by atoms with E-state index in [0.29, 0.717) is 0 Å². The molecule has 1 saturated carbocycles. The van der Waals surface area contributed by atoms with E-state index >= 15 is 0 Å². The van der Waals surface area contributed by atoms with Gasteiger partial charge in [0.2, 0.25) is 5.91 Å². The highest BCUT2D eigenvalue weighted by Gasteiger charge is 2.42. The number of nitrogens with one attached hydrogen (secondary N) is 1. The summed E-state index contributed by atoms with van der Waals surface area (Å²) in [7, 11) is 0. The highest BCUT2D eigenvalue weighted by molar-refractivity contribution is 7.10. The lowest BCUT2D eigenvalue weighted by Crippen LogP contribution is -2.50. The molecule has 1 fully saturated rings. The van der Waals surface area contributed by atoms with Crippen molar-refractivity contribution in [3.63, 3.8) is 0 Å². The summed E-state index contributed by atoms with van der Waals surface area (Å²) in [5.74, 6) is -3.33. The molecule has 0 atom stereocenters. The Morgan fingerprint density at radius 3 is 2.57 bits per heavy atom. The third-order valence-electron chi connectivity index (χ3n) is 3.94. The Morgan fingerprint density at radius 1 is 1.38 bits per heavy atom. The van der Waals surface area contributed by atoms with Gasteiger partial charge in [0, 0.05) is 4.88 Å². The van der Waals surface area contributed by atoms with Crippen LogP contribution in [0.1, 0.15) is 37.0 Å². The molecule has 0 radical (unpaired) electrons. The Labute approximate surface area is 133 Å². The number of thiophene rings is 1. The average molecular weight is 339 g/mol. The molecule has 7 heteroatoms. The third kappa shape index (κ3) is 4.14. The molecule has 21 heavy (non-hydrogen) atoms. The first-order chi connectivity index (χ1) is 9.50. The first-order valence-corrected chi connectivity index (χ1v) is 7.78. The summed E-state index contributed by atoms with van der Waals surface area (Å²) in [6, 6.07) is 3.83. The van der Waals surface area contributed by atoms with Crippen LogP contribution in [0.2, 0.25) is 0 Å². The van der Waals surface area contributed by atoms with Crippen LogP contribution in [0.4, 0.5) is 8.78 Å². The second-order valence-electron chi connectivity index (χ2n) is 5.36. The highest BCUT2D eigenvalue weighted by atomic mass is 35.5. The monoisotopic (exact) mass is 338 g/mol. The fourth-order valence-electron chi connectivity index (χ4n) is 2.74. The van der Waals surface area contributed by atoms with Crippen molar-refractivity contribution in [1.82, 2.24) is 5.32 Å². The molecule has 1 aliphatic rings. The van der Waals surface area contributed by atoms with Crippen molar-refractivity contribution < 1.29 is 13.6 Å². The molecule has 3 N–H and O–H groups in total. The molecular weight excluding hydrogens is 318 g/mol. The molecule has 0 spiro atoms. The van der Waals surface area contributed by atoms with Crippen molar-refractivity contribution in [2.75, 3.05) is 13.1 Å². The van der Waals surface area contributed by atoms with E-state index in [-0.39, 0.29) is 18.3 Å². The van der Waals surface area contributed by atoms with Crippen molar-refractivity contribution >= 4 is 29.7 Å². The largest absolute Gasteiger partial charge is 0.349 e. The van der Waals surface area contributed by atoms with E-state index in [4.69, 9.17) is 5.73 Å². The molecule has 120 valence electrons. The van der Waals surface area contributed by atoms with Gasteiger partial charge in [0.1, 0.15) is 0 Å². The van der Waals surface area contributed by atoms with Gasteiger partial charge in [0.25, 0.3) is 5.92 Å². The van der Waals surface area contributed by atoms with E-state index < -0.39 is 24.4 Å². The van der Waals surface area contributed by atoms with Crippen LogP contribution in [0, 0.1) is 0 Å². The first kappa shape index (κ1) is 18.3. The second-order valence-corrected chi connectivity index (χ2v) is 6.31. The second kappa shape index (κ2) is 7.51. The minimum Gasteiger partial charge on any atom is -0.349 e. The number of alkyl halides is 2. The molecule has 2 rings (SSSR count). The SMILES string of the molecule is Cl.NCC(F)(F)CNC(=O)C1(c2cccs2)CCCCC1. The summed E-state index contributed by atoms with van der Waals surface area (Å²) in [4.78, 5) is 13.5. The number of rotatable bonds is 5. The first-order valence-electron chi connectivity index (χ1n) is 6.90. The van der Waals surface area contributed by atoms with Crippen LogP contribution in [0.5, 0.6) is 0 Å². The van der Waals surface area contributed by atoms with E-state index in [9.17, 15) is 13.6 Å². The maximum absolute atomic E-state index is 13.2. The average Bonchev–Trinajstić information content (AvgIpc) is 3.00. The lowest BCUT2D eigenvalue weighted by Gasteiger charge is -2.35. The zero-order valence-electron chi connectivity index (χ0n) is 11.7. The van der Waals surface area contributed by atoms with Crippen LogP contribution in [0.15, 0.2) is 17.5 Å². The van der Waals surface area contributed by atoms with Gasteiger partial charge in [-0.2, -0.15) is 0 Å². The molecule has 1 aromatic rings. The summed E-state index contributed by atoms with van der Waals surface area (Å²) >= 11 is 1.52. The van der Waals surface area contributed by atoms with Crippen molar-refractivity contribution in [2.24, 2.45) is 5.73 Å². The van der Waals surface area contributed by atoms with E-state index in [1.54, 1.807) is 0 Å². The van der Waals surface area contributed by atoms with Gasteiger partial charge in [-0.25, -0.2) is 8.78 Å². The number of nitrogens with two attached hydrogens (primary N) is 1. The van der Waals surface area contributed by atoms with Gasteiger partial charge >= 0.3 is 0 Å². The summed E-state index contributed by atoms with van der Waals surface area (Å²) in [6.45, 7) is -1.44. The minimum absolute atomic E-state index is 0. The van der Waals surface area contributed by atoms with Gasteiger partial charge in [0.05, 0.1) is 18.5 Å². The van der Waals surface area contributed by atoms with E-state index in [0.717, 1.165) is 37.0 Å². The molecular formula is C14H21ClF2N2OS. The van der Waals surface area contributed by atoms with Gasteiger partial charge < -0.3 is 11.1 Å². The molecule has 1 aliphatic carbocycles. The predicted molar refractivity (Wildman–Crippen MR) is 83.3 cm³/mol. The molecule has 1 amide bonds. The van der Waals surface area contributed by atoms with Crippen molar-refractivity contribution in [3.05, 3.63) is 22.4 Å². The molecule has 1 aromatic heterocycles. The zero-order chi connectivity index (χ0) is 14.6. The molecule has 0 unspecified atom stereocenters. The Morgan fingerprint density at radius 2 is 2.05 bits per heavy atom. The molecule has 3 nitrogen and oxygen atoms in total. The summed E-state index contributed by atoms with van der Waals surface area (Å²) in [5, 5.41) is 4.33. The van der Waals surface area contributed by atoms with Gasteiger partial charge in [-0.05, 0) is 24.3 Å². The maximum atomic E-state index is 13.2. The smallest absolute Gasteiger partial charge is 0.277 e. The van der Waals surface area contributed by atoms with Crippen molar-refractivity contribution in [2.45, 2.75) is 43.4 Å². The third-order valence-corrected chi connectivity index (χ3v) is 5.01. The Bertz CT molecular complexity index is 448. The Balaban J connectivity index is 0.00000220. The fraction of sp³-hybridized carbons (Fsp3) is 0.643. The van der Waals surface area contributed by atoms with E-state index in [1.807, 2.05) is 17.5 Å². The number of halogens is 3. The molecule has 0 aliphatic heterocycles. The van der Waals surface area contributed by atoms with Gasteiger partial charge in [0.15, 0.2) is 0 Å². The van der Waals surface area contributed by atoms with Crippen LogP contribution in [-0.2, 0) is 10.2 Å². The van der Waals surface area contributed by atoms with Crippen LogP contribution < -0.4 is 11.1 Å². The Kier molecular flexibility index (Phi) is 6.56.